The fourth-order valence-electron chi connectivity index (χ4n) is 8.97. The molecule has 20 heteroatoms. The SMILES string of the molecule is CC(=O)c1c(C)c2cnc(Nc3ccc(N4CCN(CC(=O)NCCCCCCCCCCC(=O)Nc5ccccc5C(=O)Nc5nc(C)c([N+](=O)[O-])s5)CC4)cn3)nc2n(C2CCCC2)c1=O. The van der Waals surface area contributed by atoms with E-state index in [0.29, 0.717) is 53.6 Å². The molecule has 1 aliphatic heterocycles. The number of rotatable bonds is 22. The molecule has 2 fully saturated rings. The Labute approximate surface area is 398 Å². The van der Waals surface area contributed by atoms with Crippen LogP contribution in [0.25, 0.3) is 11.0 Å². The van der Waals surface area contributed by atoms with Gasteiger partial charge in [0.05, 0.1) is 40.2 Å². The molecule has 1 saturated carbocycles. The van der Waals surface area contributed by atoms with E-state index >= 15 is 0 Å². The number of benzene rings is 1. The van der Waals surface area contributed by atoms with Crippen molar-refractivity contribution in [2.24, 2.45) is 0 Å². The van der Waals surface area contributed by atoms with Gasteiger partial charge in [0.15, 0.2) is 10.9 Å². The third-order valence-corrected chi connectivity index (χ3v) is 13.6. The number of aromatic nitrogens is 5. The molecule has 5 heterocycles. The third kappa shape index (κ3) is 12.6. The van der Waals surface area contributed by atoms with Crippen molar-refractivity contribution in [3.05, 3.63) is 91.6 Å². The number of Topliss-reactive ketones (excluding diaryl/α,β-unsaturated/α-hetero) is 1. The number of anilines is 5. The van der Waals surface area contributed by atoms with Gasteiger partial charge < -0.3 is 20.9 Å². The van der Waals surface area contributed by atoms with Crippen LogP contribution in [0.5, 0.6) is 0 Å². The summed E-state index contributed by atoms with van der Waals surface area (Å²) in [4.78, 5) is 97.3. The summed E-state index contributed by atoms with van der Waals surface area (Å²) in [6, 6.07) is 10.5. The van der Waals surface area contributed by atoms with Crippen LogP contribution in [0.15, 0.2) is 53.6 Å². The third-order valence-electron chi connectivity index (χ3n) is 12.6. The lowest BCUT2D eigenvalue weighted by molar-refractivity contribution is -0.380. The number of unbranched alkanes of at least 4 members (excludes halogenated alkanes) is 7. The molecular weight excluding hydrogens is 889 g/mol. The standard InChI is InChI=1S/C48H60N12O7S/c1-31-37-29-51-47(55-43(37)59(34-16-11-12-17-34)45(65)42(31)33(3)61)54-39-22-21-35(28-50-39)58-26-24-57(25-27-58)30-41(63)49-23-15-9-7-5-4-6-8-10-20-40(62)53-38-19-14-13-18-36(38)44(64)56-48-52-32(2)46(68-48)60(66)67/h13-14,18-19,21-22,28-29,34H,4-12,15-17,20,23-27,30H2,1-3H3,(H,49,63)(H,53,62)(H,52,56,64)(H,50,51,54,55). The number of nitro groups is 1. The minimum atomic E-state index is -0.536. The summed E-state index contributed by atoms with van der Waals surface area (Å²) in [7, 11) is 0. The van der Waals surface area contributed by atoms with Gasteiger partial charge in [0.25, 0.3) is 11.5 Å². The molecule has 0 spiro atoms. The Balaban J connectivity index is 0.735. The van der Waals surface area contributed by atoms with E-state index in [1.807, 2.05) is 18.3 Å². The van der Waals surface area contributed by atoms with Crippen LogP contribution >= 0.6 is 11.3 Å². The molecule has 3 amide bonds. The molecule has 0 atom stereocenters. The number of hydrogen-bond acceptors (Lipinski definition) is 15. The zero-order valence-corrected chi connectivity index (χ0v) is 39.8. The predicted molar refractivity (Wildman–Crippen MR) is 263 cm³/mol. The van der Waals surface area contributed by atoms with E-state index < -0.39 is 10.8 Å². The highest BCUT2D eigenvalue weighted by Gasteiger charge is 2.27. The van der Waals surface area contributed by atoms with E-state index in [2.05, 4.69) is 46.0 Å². The number of hydrogen-bond donors (Lipinski definition) is 4. The molecule has 1 aromatic carbocycles. The lowest BCUT2D eigenvalue weighted by atomic mass is 10.0. The summed E-state index contributed by atoms with van der Waals surface area (Å²) in [5.74, 6) is -0.0187. The summed E-state index contributed by atoms with van der Waals surface area (Å²) >= 11 is 0.783. The lowest BCUT2D eigenvalue weighted by Gasteiger charge is -2.35. The zero-order valence-electron chi connectivity index (χ0n) is 39.0. The lowest BCUT2D eigenvalue weighted by Crippen LogP contribution is -2.49. The first-order valence-electron chi connectivity index (χ1n) is 23.6. The van der Waals surface area contributed by atoms with Gasteiger partial charge in [0, 0.05) is 56.8 Å². The maximum Gasteiger partial charge on any atom is 0.348 e. The first kappa shape index (κ1) is 49.2. The van der Waals surface area contributed by atoms with Crippen molar-refractivity contribution < 1.29 is 24.1 Å². The van der Waals surface area contributed by atoms with Crippen LogP contribution in [0, 0.1) is 24.0 Å². The van der Waals surface area contributed by atoms with Gasteiger partial charge >= 0.3 is 5.00 Å². The van der Waals surface area contributed by atoms with Crippen molar-refractivity contribution in [3.8, 4) is 0 Å². The number of piperazine rings is 1. The molecule has 360 valence electrons. The van der Waals surface area contributed by atoms with E-state index in [1.54, 1.807) is 42.0 Å². The van der Waals surface area contributed by atoms with E-state index in [9.17, 15) is 34.1 Å². The van der Waals surface area contributed by atoms with Gasteiger partial charge in [-0.25, -0.2) is 15.0 Å². The second-order valence-corrected chi connectivity index (χ2v) is 18.5. The average molecular weight is 949 g/mol. The number of amides is 3. The fourth-order valence-corrected chi connectivity index (χ4v) is 9.75. The highest BCUT2D eigenvalue weighted by molar-refractivity contribution is 7.19. The van der Waals surface area contributed by atoms with Gasteiger partial charge in [-0.2, -0.15) is 4.98 Å². The number of thiazole rings is 1. The van der Waals surface area contributed by atoms with Crippen LogP contribution in [0.3, 0.4) is 0 Å². The van der Waals surface area contributed by atoms with Crippen molar-refractivity contribution >= 4 is 79.1 Å². The van der Waals surface area contributed by atoms with E-state index in [1.165, 1.54) is 13.8 Å². The molecule has 1 aliphatic carbocycles. The molecule has 19 nitrogen and oxygen atoms in total. The molecule has 1 saturated heterocycles. The van der Waals surface area contributed by atoms with E-state index in [4.69, 9.17) is 4.98 Å². The number of nitrogens with one attached hydrogen (secondary N) is 4. The van der Waals surface area contributed by atoms with Crippen molar-refractivity contribution in [2.45, 2.75) is 110 Å². The maximum absolute atomic E-state index is 13.6. The van der Waals surface area contributed by atoms with Crippen molar-refractivity contribution in [1.82, 2.24) is 34.7 Å². The van der Waals surface area contributed by atoms with Crippen LogP contribution in [0.2, 0.25) is 0 Å². The minimum Gasteiger partial charge on any atom is -0.368 e. The number of carbonyl (C=O) groups is 4. The fraction of sp³-hybridized carbons (Fsp3) is 0.479. The molecule has 2 aliphatic rings. The molecule has 4 N–H and O–H groups in total. The summed E-state index contributed by atoms with van der Waals surface area (Å²) in [6.45, 7) is 8.79. The van der Waals surface area contributed by atoms with Gasteiger partial charge in [-0.3, -0.25) is 48.9 Å². The molecule has 0 unspecified atom stereocenters. The van der Waals surface area contributed by atoms with Gasteiger partial charge in [0.1, 0.15) is 17.2 Å². The second-order valence-electron chi connectivity index (χ2n) is 17.5. The summed E-state index contributed by atoms with van der Waals surface area (Å²) in [6.07, 6.45) is 15.5. The normalized spacial score (nSPS) is 14.2. The molecular formula is C48H60N12O7S. The number of nitrogens with zero attached hydrogens (tertiary/aromatic N) is 8. The summed E-state index contributed by atoms with van der Waals surface area (Å²) < 4.78 is 1.70. The van der Waals surface area contributed by atoms with Crippen molar-refractivity contribution in [2.75, 3.05) is 60.1 Å². The largest absolute Gasteiger partial charge is 0.368 e. The Morgan fingerprint density at radius 1 is 0.838 bits per heavy atom. The van der Waals surface area contributed by atoms with E-state index in [-0.39, 0.29) is 56.2 Å². The molecule has 4 aromatic heterocycles. The quantitative estimate of drug-likeness (QED) is 0.0224. The first-order valence-corrected chi connectivity index (χ1v) is 24.4. The van der Waals surface area contributed by atoms with Crippen molar-refractivity contribution in [1.29, 1.82) is 0 Å². The Kier molecular flexibility index (Phi) is 16.9. The maximum atomic E-state index is 13.6. The molecule has 0 radical (unpaired) electrons. The van der Waals surface area contributed by atoms with Crippen LogP contribution in [0.1, 0.15) is 128 Å². The van der Waals surface area contributed by atoms with Crippen LogP contribution in [-0.4, -0.2) is 97.1 Å². The number of fused-ring (bicyclic) bond motifs is 1. The Morgan fingerprint density at radius 3 is 2.22 bits per heavy atom. The molecule has 0 bridgehead atoms. The molecule has 68 heavy (non-hydrogen) atoms. The molecule has 5 aromatic rings. The van der Waals surface area contributed by atoms with Gasteiger partial charge in [0.2, 0.25) is 17.8 Å². The number of pyridine rings is 2. The van der Waals surface area contributed by atoms with E-state index in [0.717, 1.165) is 120 Å². The number of para-hydroxylation sites is 1. The van der Waals surface area contributed by atoms with Gasteiger partial charge in [-0.05, 0) is 87.6 Å². The van der Waals surface area contributed by atoms with Gasteiger partial charge in [-0.1, -0.05) is 63.5 Å². The average Bonchev–Trinajstić information content (AvgIpc) is 3.98. The van der Waals surface area contributed by atoms with Crippen LogP contribution in [-0.2, 0) is 9.59 Å². The monoisotopic (exact) mass is 948 g/mol. The summed E-state index contributed by atoms with van der Waals surface area (Å²) in [5.41, 5.74) is 2.86. The number of carbonyl (C=O) groups excluding carboxylic acids is 4. The number of ketones is 1. The van der Waals surface area contributed by atoms with Crippen molar-refractivity contribution in [3.63, 3.8) is 0 Å². The Morgan fingerprint density at radius 2 is 1.54 bits per heavy atom. The van der Waals surface area contributed by atoms with Gasteiger partial charge in [-0.15, -0.1) is 0 Å². The highest BCUT2D eigenvalue weighted by atomic mass is 32.1. The van der Waals surface area contributed by atoms with Crippen LogP contribution < -0.4 is 31.7 Å². The highest BCUT2D eigenvalue weighted by Crippen LogP contribution is 2.33. The number of aryl methyl sites for hydroxylation is 2. The predicted octanol–water partition coefficient (Wildman–Crippen LogP) is 7.87. The minimum absolute atomic E-state index is 0.00286. The summed E-state index contributed by atoms with van der Waals surface area (Å²) in [5, 5.41) is 23.5. The zero-order chi connectivity index (χ0) is 48.2. The smallest absolute Gasteiger partial charge is 0.348 e. The Hall–Kier alpha value is -6.67. The second kappa shape index (κ2) is 23.4. The Bertz CT molecular complexity index is 2670. The topological polar surface area (TPSA) is 240 Å². The first-order chi connectivity index (χ1) is 32.9. The molecule has 7 rings (SSSR count). The van der Waals surface area contributed by atoms with Crippen LogP contribution in [0.4, 0.5) is 33.3 Å².